The van der Waals surface area contributed by atoms with Crippen LogP contribution in [0.4, 0.5) is 0 Å². The molecular formula is C14H17Cl2NO3S. The first-order valence-corrected chi connectivity index (χ1v) is 8.42. The molecule has 0 aliphatic carbocycles. The number of carbonyl (C=O) groups is 1. The highest BCUT2D eigenvalue weighted by atomic mass is 35.5. The van der Waals surface area contributed by atoms with Crippen LogP contribution in [-0.4, -0.2) is 54.1 Å². The largest absolute Gasteiger partial charge is 0.481 e. The van der Waals surface area contributed by atoms with Gasteiger partial charge < -0.3 is 9.84 Å². The molecule has 116 valence electrons. The SMILES string of the molecule is O=C(O)CC1CN(CCSc2cc(Cl)ccc2Cl)CCO1. The quantitative estimate of drug-likeness (QED) is 0.798. The molecule has 1 N–H and O–H groups in total. The standard InChI is InChI=1S/C14H17Cl2NO3S/c15-10-1-2-12(16)13(7-10)21-6-4-17-3-5-20-11(9-17)8-14(18)19/h1-2,7,11H,3-6,8-9H2,(H,18,19). The molecule has 21 heavy (non-hydrogen) atoms. The number of carboxylic acid groups (broad SMARTS) is 1. The summed E-state index contributed by atoms with van der Waals surface area (Å²) >= 11 is 13.7. The van der Waals surface area contributed by atoms with Gasteiger partial charge in [0.1, 0.15) is 0 Å². The number of thioether (sulfide) groups is 1. The van der Waals surface area contributed by atoms with Crippen molar-refractivity contribution in [1.29, 1.82) is 0 Å². The van der Waals surface area contributed by atoms with Gasteiger partial charge in [0, 0.05) is 35.3 Å². The number of hydrogen-bond donors (Lipinski definition) is 1. The lowest BCUT2D eigenvalue weighted by molar-refractivity contribution is -0.142. The molecule has 0 spiro atoms. The van der Waals surface area contributed by atoms with Gasteiger partial charge in [-0.2, -0.15) is 0 Å². The Morgan fingerprint density at radius 3 is 3.05 bits per heavy atom. The Morgan fingerprint density at radius 1 is 1.48 bits per heavy atom. The van der Waals surface area contributed by atoms with Gasteiger partial charge in [-0.1, -0.05) is 23.2 Å². The molecule has 0 bridgehead atoms. The second-order valence-corrected chi connectivity index (χ2v) is 6.79. The molecule has 0 aromatic heterocycles. The minimum atomic E-state index is -0.818. The topological polar surface area (TPSA) is 49.8 Å². The molecule has 0 amide bonds. The van der Waals surface area contributed by atoms with Crippen LogP contribution in [0.2, 0.25) is 10.0 Å². The van der Waals surface area contributed by atoms with Crippen LogP contribution in [0.3, 0.4) is 0 Å². The first kappa shape index (κ1) is 16.9. The molecule has 1 aromatic rings. The van der Waals surface area contributed by atoms with E-state index in [2.05, 4.69) is 4.90 Å². The Bertz CT molecular complexity index is 501. The van der Waals surface area contributed by atoms with Gasteiger partial charge in [0.25, 0.3) is 0 Å². The van der Waals surface area contributed by atoms with Crippen LogP contribution in [0, 0.1) is 0 Å². The van der Waals surface area contributed by atoms with Gasteiger partial charge >= 0.3 is 5.97 Å². The van der Waals surface area contributed by atoms with Crippen molar-refractivity contribution in [3.63, 3.8) is 0 Å². The highest BCUT2D eigenvalue weighted by Crippen LogP contribution is 2.29. The third-order valence-electron chi connectivity index (χ3n) is 3.18. The fraction of sp³-hybridized carbons (Fsp3) is 0.500. The average molecular weight is 350 g/mol. The zero-order chi connectivity index (χ0) is 15.2. The molecule has 7 heteroatoms. The highest BCUT2D eigenvalue weighted by molar-refractivity contribution is 7.99. The molecule has 1 fully saturated rings. The van der Waals surface area contributed by atoms with Crippen LogP contribution < -0.4 is 0 Å². The molecule has 1 aliphatic rings. The van der Waals surface area contributed by atoms with Gasteiger partial charge in [0.05, 0.1) is 24.2 Å². The summed E-state index contributed by atoms with van der Waals surface area (Å²) in [5.41, 5.74) is 0. The summed E-state index contributed by atoms with van der Waals surface area (Å²) in [5.74, 6) is 0.0572. The number of hydrogen-bond acceptors (Lipinski definition) is 4. The maximum absolute atomic E-state index is 10.7. The van der Waals surface area contributed by atoms with Crippen LogP contribution in [0.15, 0.2) is 23.1 Å². The Labute approximate surface area is 138 Å². The number of carboxylic acids is 1. The maximum Gasteiger partial charge on any atom is 0.306 e. The minimum absolute atomic E-state index is 0.0593. The lowest BCUT2D eigenvalue weighted by Crippen LogP contribution is -2.44. The molecule has 1 heterocycles. The van der Waals surface area contributed by atoms with Gasteiger partial charge in [-0.15, -0.1) is 11.8 Å². The van der Waals surface area contributed by atoms with E-state index in [0.29, 0.717) is 23.2 Å². The number of morpholine rings is 1. The fourth-order valence-electron chi connectivity index (χ4n) is 2.17. The van der Waals surface area contributed by atoms with Crippen molar-refractivity contribution in [2.24, 2.45) is 0 Å². The van der Waals surface area contributed by atoms with E-state index in [1.807, 2.05) is 6.07 Å². The number of halogens is 2. The van der Waals surface area contributed by atoms with E-state index < -0.39 is 5.97 Å². The van der Waals surface area contributed by atoms with E-state index >= 15 is 0 Å². The Morgan fingerprint density at radius 2 is 2.29 bits per heavy atom. The molecular weight excluding hydrogens is 333 g/mol. The number of ether oxygens (including phenoxy) is 1. The summed E-state index contributed by atoms with van der Waals surface area (Å²) in [6, 6.07) is 5.43. The van der Waals surface area contributed by atoms with E-state index in [-0.39, 0.29) is 12.5 Å². The summed E-state index contributed by atoms with van der Waals surface area (Å²) in [4.78, 5) is 13.9. The summed E-state index contributed by atoms with van der Waals surface area (Å²) in [6.45, 7) is 2.95. The minimum Gasteiger partial charge on any atom is -0.481 e. The molecule has 1 unspecified atom stereocenters. The Hall–Kier alpha value is -0.460. The number of aliphatic carboxylic acids is 1. The van der Waals surface area contributed by atoms with Gasteiger partial charge in [-0.05, 0) is 18.2 Å². The smallest absolute Gasteiger partial charge is 0.306 e. The van der Waals surface area contributed by atoms with Crippen molar-refractivity contribution >= 4 is 40.9 Å². The molecule has 1 aromatic carbocycles. The Kier molecular flexibility index (Phi) is 6.64. The molecule has 1 atom stereocenters. The van der Waals surface area contributed by atoms with Crippen molar-refractivity contribution in [3.05, 3.63) is 28.2 Å². The van der Waals surface area contributed by atoms with Crippen molar-refractivity contribution in [3.8, 4) is 0 Å². The van der Waals surface area contributed by atoms with E-state index in [4.69, 9.17) is 33.0 Å². The zero-order valence-corrected chi connectivity index (χ0v) is 13.8. The van der Waals surface area contributed by atoms with Crippen molar-refractivity contribution < 1.29 is 14.6 Å². The predicted octanol–water partition coefficient (Wildman–Crippen LogP) is 3.26. The summed E-state index contributed by atoms with van der Waals surface area (Å²) in [7, 11) is 0. The summed E-state index contributed by atoms with van der Waals surface area (Å²) < 4.78 is 5.45. The zero-order valence-electron chi connectivity index (χ0n) is 11.4. The molecule has 1 aliphatic heterocycles. The number of rotatable bonds is 6. The molecule has 0 saturated carbocycles. The van der Waals surface area contributed by atoms with Crippen LogP contribution in [0.25, 0.3) is 0 Å². The van der Waals surface area contributed by atoms with Crippen molar-refractivity contribution in [1.82, 2.24) is 4.90 Å². The molecule has 2 rings (SSSR count). The third kappa shape index (κ3) is 5.68. The molecule has 4 nitrogen and oxygen atoms in total. The molecule has 0 radical (unpaired) electrons. The molecule has 1 saturated heterocycles. The number of nitrogens with zero attached hydrogens (tertiary/aromatic N) is 1. The third-order valence-corrected chi connectivity index (χ3v) is 4.90. The van der Waals surface area contributed by atoms with E-state index in [1.54, 1.807) is 23.9 Å². The van der Waals surface area contributed by atoms with E-state index in [0.717, 1.165) is 23.7 Å². The van der Waals surface area contributed by atoms with Gasteiger partial charge in [-0.3, -0.25) is 9.69 Å². The van der Waals surface area contributed by atoms with Crippen molar-refractivity contribution in [2.75, 3.05) is 32.0 Å². The van der Waals surface area contributed by atoms with Crippen LogP contribution in [-0.2, 0) is 9.53 Å². The van der Waals surface area contributed by atoms with E-state index in [9.17, 15) is 4.79 Å². The lowest BCUT2D eigenvalue weighted by Gasteiger charge is -2.32. The second kappa shape index (κ2) is 8.25. The van der Waals surface area contributed by atoms with Gasteiger partial charge in [0.15, 0.2) is 0 Å². The maximum atomic E-state index is 10.7. The monoisotopic (exact) mass is 349 g/mol. The number of benzene rings is 1. The van der Waals surface area contributed by atoms with Crippen molar-refractivity contribution in [2.45, 2.75) is 17.4 Å². The van der Waals surface area contributed by atoms with Gasteiger partial charge in [0.2, 0.25) is 0 Å². The summed E-state index contributed by atoms with van der Waals surface area (Å²) in [6.07, 6.45) is -0.153. The first-order valence-electron chi connectivity index (χ1n) is 6.68. The average Bonchev–Trinajstić information content (AvgIpc) is 2.42. The second-order valence-electron chi connectivity index (χ2n) is 4.81. The van der Waals surface area contributed by atoms with E-state index in [1.165, 1.54) is 0 Å². The first-order chi connectivity index (χ1) is 10.0. The van der Waals surface area contributed by atoms with Crippen LogP contribution in [0.1, 0.15) is 6.42 Å². The lowest BCUT2D eigenvalue weighted by atomic mass is 10.2. The van der Waals surface area contributed by atoms with Crippen LogP contribution in [0.5, 0.6) is 0 Å². The highest BCUT2D eigenvalue weighted by Gasteiger charge is 2.22. The Balaban J connectivity index is 1.77. The van der Waals surface area contributed by atoms with Crippen LogP contribution >= 0.6 is 35.0 Å². The van der Waals surface area contributed by atoms with Gasteiger partial charge in [-0.25, -0.2) is 0 Å². The summed E-state index contributed by atoms with van der Waals surface area (Å²) in [5, 5.41) is 10.2. The fourth-order valence-corrected chi connectivity index (χ4v) is 3.68. The normalized spacial score (nSPS) is 19.6. The predicted molar refractivity (Wildman–Crippen MR) is 85.6 cm³/mol.